The van der Waals surface area contributed by atoms with Gasteiger partial charge in [-0.1, -0.05) is 11.2 Å². The molecule has 1 aromatic heterocycles. The molecule has 0 radical (unpaired) electrons. The largest absolute Gasteiger partial charge is 0.494 e. The summed E-state index contributed by atoms with van der Waals surface area (Å²) in [5, 5.41) is 3.99. The van der Waals surface area contributed by atoms with Crippen molar-refractivity contribution in [2.45, 2.75) is 26.8 Å². The second-order valence-electron chi connectivity index (χ2n) is 6.61. The summed E-state index contributed by atoms with van der Waals surface area (Å²) in [6.45, 7) is 7.58. The lowest BCUT2D eigenvalue weighted by Crippen LogP contribution is -2.48. The summed E-state index contributed by atoms with van der Waals surface area (Å²) in [5.74, 6) is 0.616. The van der Waals surface area contributed by atoms with E-state index in [2.05, 4.69) is 10.1 Å². The number of methoxy groups -OCH3 is 1. The number of carbonyl (C=O) groups excluding carboxylic acids is 1. The summed E-state index contributed by atoms with van der Waals surface area (Å²) in [6, 6.07) is 4.65. The second-order valence-corrected chi connectivity index (χ2v) is 6.61. The molecule has 1 aliphatic rings. The Balaban J connectivity index is 1.53. The smallest absolute Gasteiger partial charge is 0.227 e. The monoisotopic (exact) mass is 361 g/mol. The van der Waals surface area contributed by atoms with Gasteiger partial charge in [-0.15, -0.1) is 0 Å². The molecule has 0 aliphatic carbocycles. The van der Waals surface area contributed by atoms with E-state index >= 15 is 0 Å². The molecule has 2 aromatic rings. The van der Waals surface area contributed by atoms with Crippen LogP contribution >= 0.6 is 0 Å². The van der Waals surface area contributed by atoms with Crippen LogP contribution in [0.5, 0.6) is 5.75 Å². The summed E-state index contributed by atoms with van der Waals surface area (Å²) in [7, 11) is 1.42. The highest BCUT2D eigenvalue weighted by Crippen LogP contribution is 2.19. The second kappa shape index (κ2) is 7.86. The molecule has 26 heavy (non-hydrogen) atoms. The van der Waals surface area contributed by atoms with Crippen LogP contribution in [0.3, 0.4) is 0 Å². The zero-order valence-corrected chi connectivity index (χ0v) is 15.4. The van der Waals surface area contributed by atoms with Gasteiger partial charge in [-0.25, -0.2) is 4.39 Å². The highest BCUT2D eigenvalue weighted by molar-refractivity contribution is 5.79. The third kappa shape index (κ3) is 4.04. The molecule has 1 saturated heterocycles. The third-order valence-electron chi connectivity index (χ3n) is 4.86. The lowest BCUT2D eigenvalue weighted by molar-refractivity contribution is -0.132. The van der Waals surface area contributed by atoms with Gasteiger partial charge >= 0.3 is 0 Å². The number of nitrogens with zero attached hydrogens (tertiary/aromatic N) is 3. The predicted molar refractivity (Wildman–Crippen MR) is 94.5 cm³/mol. The Labute approximate surface area is 152 Å². The van der Waals surface area contributed by atoms with E-state index in [0.29, 0.717) is 18.7 Å². The number of hydrogen-bond acceptors (Lipinski definition) is 5. The normalized spacial score (nSPS) is 15.3. The maximum Gasteiger partial charge on any atom is 0.227 e. The summed E-state index contributed by atoms with van der Waals surface area (Å²) >= 11 is 0. The Morgan fingerprint density at radius 2 is 2.00 bits per heavy atom. The Morgan fingerprint density at radius 1 is 1.27 bits per heavy atom. The van der Waals surface area contributed by atoms with E-state index in [9.17, 15) is 9.18 Å². The topological polar surface area (TPSA) is 58.8 Å². The van der Waals surface area contributed by atoms with Gasteiger partial charge in [-0.2, -0.15) is 0 Å². The average molecular weight is 361 g/mol. The first-order chi connectivity index (χ1) is 12.5. The molecule has 140 valence electrons. The van der Waals surface area contributed by atoms with E-state index in [0.717, 1.165) is 36.7 Å². The van der Waals surface area contributed by atoms with E-state index in [-0.39, 0.29) is 18.1 Å². The van der Waals surface area contributed by atoms with Gasteiger partial charge < -0.3 is 14.2 Å². The molecule has 7 heteroatoms. The molecule has 0 N–H and O–H groups in total. The van der Waals surface area contributed by atoms with Crippen molar-refractivity contribution < 1.29 is 18.4 Å². The van der Waals surface area contributed by atoms with Crippen LogP contribution in [0, 0.1) is 19.7 Å². The number of rotatable bonds is 5. The Kier molecular flexibility index (Phi) is 5.56. The standard InChI is InChI=1S/C19H24FN3O3/c1-13-16(14(2)26-21-13)12-22-6-8-23(9-7-22)19(24)11-15-4-5-18(25-3)17(20)10-15/h4-5,10H,6-9,11-12H2,1-3H3. The third-order valence-corrected chi connectivity index (χ3v) is 4.86. The molecule has 1 aromatic carbocycles. The van der Waals surface area contributed by atoms with Crippen LogP contribution in [-0.4, -0.2) is 54.2 Å². The SMILES string of the molecule is COc1ccc(CC(=O)N2CCN(Cc3c(C)noc3C)CC2)cc1F. The molecule has 1 amide bonds. The first kappa shape index (κ1) is 18.4. The lowest BCUT2D eigenvalue weighted by Gasteiger charge is -2.34. The fourth-order valence-electron chi connectivity index (χ4n) is 3.21. The van der Waals surface area contributed by atoms with E-state index < -0.39 is 5.82 Å². The number of carbonyl (C=O) groups is 1. The maximum atomic E-state index is 13.8. The van der Waals surface area contributed by atoms with E-state index in [1.807, 2.05) is 18.7 Å². The highest BCUT2D eigenvalue weighted by atomic mass is 19.1. The fourth-order valence-corrected chi connectivity index (χ4v) is 3.21. The Bertz CT molecular complexity index is 763. The van der Waals surface area contributed by atoms with Crippen molar-refractivity contribution >= 4 is 5.91 Å². The highest BCUT2D eigenvalue weighted by Gasteiger charge is 2.23. The summed E-state index contributed by atoms with van der Waals surface area (Å²) < 4.78 is 23.9. The van der Waals surface area contributed by atoms with Crippen LogP contribution in [0.15, 0.2) is 22.7 Å². The number of benzene rings is 1. The molecule has 6 nitrogen and oxygen atoms in total. The predicted octanol–water partition coefficient (Wildman–Crippen LogP) is 2.33. The molecular formula is C19H24FN3O3. The maximum absolute atomic E-state index is 13.8. The van der Waals surface area contributed by atoms with Crippen LogP contribution in [0.4, 0.5) is 4.39 Å². The zero-order chi connectivity index (χ0) is 18.7. The van der Waals surface area contributed by atoms with Crippen molar-refractivity contribution in [1.29, 1.82) is 0 Å². The molecule has 3 rings (SSSR count). The number of amides is 1. The molecule has 0 unspecified atom stereocenters. The van der Waals surface area contributed by atoms with Gasteiger partial charge in [0.2, 0.25) is 5.91 Å². The zero-order valence-electron chi connectivity index (χ0n) is 15.4. The molecule has 0 atom stereocenters. The number of halogens is 1. The first-order valence-corrected chi connectivity index (χ1v) is 8.72. The van der Waals surface area contributed by atoms with Crippen molar-refractivity contribution in [3.8, 4) is 5.75 Å². The summed E-state index contributed by atoms with van der Waals surface area (Å²) in [5.41, 5.74) is 2.70. The minimum atomic E-state index is -0.443. The quantitative estimate of drug-likeness (QED) is 0.818. The van der Waals surface area contributed by atoms with Crippen molar-refractivity contribution in [3.05, 3.63) is 46.6 Å². The molecule has 0 bridgehead atoms. The number of aryl methyl sites for hydroxylation is 2. The number of ether oxygens (including phenoxy) is 1. The fraction of sp³-hybridized carbons (Fsp3) is 0.474. The Hall–Kier alpha value is -2.41. The van der Waals surface area contributed by atoms with Crippen LogP contribution in [0.2, 0.25) is 0 Å². The minimum absolute atomic E-state index is 0.0200. The number of piperazine rings is 1. The average Bonchev–Trinajstić information content (AvgIpc) is 2.94. The van der Waals surface area contributed by atoms with E-state index in [4.69, 9.17) is 9.26 Å². The Morgan fingerprint density at radius 3 is 2.58 bits per heavy atom. The van der Waals surface area contributed by atoms with Crippen LogP contribution in [0.25, 0.3) is 0 Å². The van der Waals surface area contributed by atoms with Crippen molar-refractivity contribution in [1.82, 2.24) is 15.0 Å². The molecular weight excluding hydrogens is 337 g/mol. The van der Waals surface area contributed by atoms with E-state index in [1.54, 1.807) is 12.1 Å². The van der Waals surface area contributed by atoms with Crippen LogP contribution in [0.1, 0.15) is 22.6 Å². The van der Waals surface area contributed by atoms with Gasteiger partial charge in [-0.05, 0) is 31.5 Å². The molecule has 0 saturated carbocycles. The van der Waals surface area contributed by atoms with E-state index in [1.165, 1.54) is 13.2 Å². The number of hydrogen-bond donors (Lipinski definition) is 0. The van der Waals surface area contributed by atoms with Gasteiger partial charge in [0.15, 0.2) is 11.6 Å². The summed E-state index contributed by atoms with van der Waals surface area (Å²) in [6.07, 6.45) is 0.199. The lowest BCUT2D eigenvalue weighted by atomic mass is 10.1. The molecule has 0 spiro atoms. The van der Waals surface area contributed by atoms with Gasteiger partial charge in [0.05, 0.1) is 19.2 Å². The van der Waals surface area contributed by atoms with Crippen molar-refractivity contribution in [3.63, 3.8) is 0 Å². The first-order valence-electron chi connectivity index (χ1n) is 8.72. The number of aromatic nitrogens is 1. The molecule has 1 fully saturated rings. The van der Waals surface area contributed by atoms with Gasteiger partial charge in [0.1, 0.15) is 5.76 Å². The van der Waals surface area contributed by atoms with Crippen LogP contribution in [-0.2, 0) is 17.8 Å². The van der Waals surface area contributed by atoms with Crippen molar-refractivity contribution in [2.24, 2.45) is 0 Å². The van der Waals surface area contributed by atoms with Gasteiger partial charge in [-0.3, -0.25) is 9.69 Å². The van der Waals surface area contributed by atoms with Gasteiger partial charge in [0.25, 0.3) is 0 Å². The van der Waals surface area contributed by atoms with Crippen LogP contribution < -0.4 is 4.74 Å². The van der Waals surface area contributed by atoms with Gasteiger partial charge in [0, 0.05) is 38.3 Å². The molecule has 2 heterocycles. The van der Waals surface area contributed by atoms with Crippen molar-refractivity contribution in [2.75, 3.05) is 33.3 Å². The summed E-state index contributed by atoms with van der Waals surface area (Å²) in [4.78, 5) is 16.6. The minimum Gasteiger partial charge on any atom is -0.494 e. The molecule has 1 aliphatic heterocycles.